The molecule has 0 aromatic carbocycles. The van der Waals surface area contributed by atoms with Crippen LogP contribution in [0.4, 0.5) is 4.79 Å². The second-order valence-electron chi connectivity index (χ2n) is 7.57. The van der Waals surface area contributed by atoms with Gasteiger partial charge in [0.15, 0.2) is 5.65 Å². The molecule has 2 aromatic heterocycles. The molecule has 28 heavy (non-hydrogen) atoms. The Morgan fingerprint density at radius 2 is 1.93 bits per heavy atom. The first-order valence-electron chi connectivity index (χ1n) is 10.2. The Morgan fingerprint density at radius 1 is 1.11 bits per heavy atom. The average Bonchev–Trinajstić information content (AvgIpc) is 3.18. The van der Waals surface area contributed by atoms with Gasteiger partial charge in [0.1, 0.15) is 5.82 Å². The zero-order valence-corrected chi connectivity index (χ0v) is 16.3. The summed E-state index contributed by atoms with van der Waals surface area (Å²) in [7, 11) is 0. The summed E-state index contributed by atoms with van der Waals surface area (Å²) in [5.41, 5.74) is 0.840. The van der Waals surface area contributed by atoms with Crippen molar-refractivity contribution >= 4 is 17.6 Å². The summed E-state index contributed by atoms with van der Waals surface area (Å²) in [4.78, 5) is 28.6. The molecule has 2 aromatic rings. The van der Waals surface area contributed by atoms with Gasteiger partial charge in [0.05, 0.1) is 6.61 Å². The number of hydrogen-bond donors (Lipinski definition) is 0. The highest BCUT2D eigenvalue weighted by molar-refractivity contribution is 5.79. The molecular weight excluding hydrogens is 358 g/mol. The van der Waals surface area contributed by atoms with Crippen molar-refractivity contribution in [2.24, 2.45) is 5.92 Å². The third-order valence-electron chi connectivity index (χ3n) is 5.81. The number of fused-ring (bicyclic) bond motifs is 1. The number of amides is 2. The third kappa shape index (κ3) is 3.68. The molecule has 0 N–H and O–H groups in total. The molecule has 0 radical (unpaired) electrons. The van der Waals surface area contributed by atoms with E-state index in [1.165, 1.54) is 0 Å². The van der Waals surface area contributed by atoms with Gasteiger partial charge in [0.2, 0.25) is 5.91 Å². The van der Waals surface area contributed by atoms with Gasteiger partial charge in [-0.05, 0) is 44.7 Å². The van der Waals surface area contributed by atoms with Crippen LogP contribution >= 0.6 is 0 Å². The molecule has 0 unspecified atom stereocenters. The van der Waals surface area contributed by atoms with E-state index in [1.54, 1.807) is 11.8 Å². The van der Waals surface area contributed by atoms with E-state index in [0.717, 1.165) is 30.9 Å². The normalized spacial score (nSPS) is 21.1. The summed E-state index contributed by atoms with van der Waals surface area (Å²) >= 11 is 0. The van der Waals surface area contributed by atoms with Crippen LogP contribution in [0, 0.1) is 5.92 Å². The molecule has 0 saturated carbocycles. The SMILES string of the molecule is CCOC(=O)N1CCC(C(=O)N2CCC[C@H](c3nnc4ccccn34)C2)CC1. The van der Waals surface area contributed by atoms with E-state index in [9.17, 15) is 9.59 Å². The quantitative estimate of drug-likeness (QED) is 0.810. The van der Waals surface area contributed by atoms with Crippen LogP contribution in [0.25, 0.3) is 5.65 Å². The number of carbonyl (C=O) groups excluding carboxylic acids is 2. The lowest BCUT2D eigenvalue weighted by Crippen LogP contribution is -2.47. The molecule has 2 amide bonds. The molecule has 8 nitrogen and oxygen atoms in total. The molecule has 4 heterocycles. The van der Waals surface area contributed by atoms with E-state index in [4.69, 9.17) is 4.74 Å². The number of ether oxygens (including phenoxy) is 1. The molecule has 2 fully saturated rings. The van der Waals surface area contributed by atoms with E-state index in [2.05, 4.69) is 10.2 Å². The summed E-state index contributed by atoms with van der Waals surface area (Å²) in [6.07, 6.45) is 5.10. The van der Waals surface area contributed by atoms with Crippen LogP contribution in [0.5, 0.6) is 0 Å². The minimum Gasteiger partial charge on any atom is -0.450 e. The van der Waals surface area contributed by atoms with Crippen molar-refractivity contribution in [1.29, 1.82) is 0 Å². The Balaban J connectivity index is 1.38. The topological polar surface area (TPSA) is 80.0 Å². The monoisotopic (exact) mass is 385 g/mol. The van der Waals surface area contributed by atoms with Crippen LogP contribution in [0.2, 0.25) is 0 Å². The van der Waals surface area contributed by atoms with E-state index >= 15 is 0 Å². The highest BCUT2D eigenvalue weighted by Gasteiger charge is 2.34. The number of aromatic nitrogens is 3. The first kappa shape index (κ1) is 18.7. The van der Waals surface area contributed by atoms with Crippen LogP contribution in [0.3, 0.4) is 0 Å². The van der Waals surface area contributed by atoms with Crippen LogP contribution in [0.15, 0.2) is 24.4 Å². The Labute approximate surface area is 164 Å². The highest BCUT2D eigenvalue weighted by atomic mass is 16.6. The molecule has 0 bridgehead atoms. The van der Waals surface area contributed by atoms with Crippen LogP contribution in [0.1, 0.15) is 44.3 Å². The van der Waals surface area contributed by atoms with Crippen LogP contribution < -0.4 is 0 Å². The van der Waals surface area contributed by atoms with Crippen molar-refractivity contribution in [3.05, 3.63) is 30.2 Å². The van der Waals surface area contributed by atoms with Gasteiger partial charge in [-0.3, -0.25) is 9.20 Å². The summed E-state index contributed by atoms with van der Waals surface area (Å²) in [5, 5.41) is 8.64. The predicted molar refractivity (Wildman–Crippen MR) is 103 cm³/mol. The number of carbonyl (C=O) groups is 2. The van der Waals surface area contributed by atoms with Gasteiger partial charge in [-0.2, -0.15) is 0 Å². The third-order valence-corrected chi connectivity index (χ3v) is 5.81. The number of rotatable bonds is 3. The van der Waals surface area contributed by atoms with Gasteiger partial charge in [0.25, 0.3) is 0 Å². The molecule has 0 spiro atoms. The van der Waals surface area contributed by atoms with E-state index in [1.807, 2.05) is 33.7 Å². The summed E-state index contributed by atoms with van der Waals surface area (Å²) in [5.74, 6) is 1.33. The number of pyridine rings is 1. The van der Waals surface area contributed by atoms with Crippen LogP contribution in [-0.2, 0) is 9.53 Å². The van der Waals surface area contributed by atoms with Crippen molar-refractivity contribution in [3.8, 4) is 0 Å². The molecule has 8 heteroatoms. The maximum Gasteiger partial charge on any atom is 0.409 e. The Hall–Kier alpha value is -2.64. The molecule has 1 atom stereocenters. The van der Waals surface area contributed by atoms with Gasteiger partial charge in [0, 0.05) is 44.2 Å². The van der Waals surface area contributed by atoms with E-state index in [0.29, 0.717) is 39.1 Å². The minimum absolute atomic E-state index is 0.0143. The maximum absolute atomic E-state index is 13.1. The van der Waals surface area contributed by atoms with Crippen molar-refractivity contribution in [1.82, 2.24) is 24.4 Å². The zero-order chi connectivity index (χ0) is 19.5. The standard InChI is InChI=1S/C20H27N5O3/c1-2-28-20(27)23-12-8-15(9-13-23)19(26)24-10-5-6-16(14-24)18-22-21-17-7-3-4-11-25(17)18/h3-4,7,11,15-16H,2,5-6,8-10,12-14H2,1H3/t16-/m0/s1. The second-order valence-corrected chi connectivity index (χ2v) is 7.57. The van der Waals surface area contributed by atoms with Gasteiger partial charge in [-0.25, -0.2) is 4.79 Å². The molecule has 2 aliphatic heterocycles. The van der Waals surface area contributed by atoms with E-state index in [-0.39, 0.29) is 23.8 Å². The highest BCUT2D eigenvalue weighted by Crippen LogP contribution is 2.29. The van der Waals surface area contributed by atoms with Crippen molar-refractivity contribution in [2.75, 3.05) is 32.8 Å². The number of hydrogen-bond acceptors (Lipinski definition) is 5. The summed E-state index contributed by atoms with van der Waals surface area (Å²) < 4.78 is 7.08. The van der Waals surface area contributed by atoms with Crippen molar-refractivity contribution < 1.29 is 14.3 Å². The first-order valence-corrected chi connectivity index (χ1v) is 10.2. The average molecular weight is 385 g/mol. The fourth-order valence-corrected chi connectivity index (χ4v) is 4.31. The number of piperidine rings is 2. The van der Waals surface area contributed by atoms with Gasteiger partial charge in [-0.15, -0.1) is 10.2 Å². The fourth-order valence-electron chi connectivity index (χ4n) is 4.31. The van der Waals surface area contributed by atoms with Gasteiger partial charge >= 0.3 is 6.09 Å². The minimum atomic E-state index is -0.273. The molecular formula is C20H27N5O3. The second kappa shape index (κ2) is 8.16. The zero-order valence-electron chi connectivity index (χ0n) is 16.3. The van der Waals surface area contributed by atoms with Crippen molar-refractivity contribution in [2.45, 2.75) is 38.5 Å². The molecule has 150 valence electrons. The molecule has 2 aliphatic rings. The maximum atomic E-state index is 13.1. The Kier molecular flexibility index (Phi) is 5.45. The van der Waals surface area contributed by atoms with E-state index < -0.39 is 0 Å². The predicted octanol–water partition coefficient (Wildman–Crippen LogP) is 2.30. The smallest absolute Gasteiger partial charge is 0.409 e. The summed E-state index contributed by atoms with van der Waals surface area (Å²) in [6, 6.07) is 5.87. The molecule has 0 aliphatic carbocycles. The Morgan fingerprint density at radius 3 is 2.71 bits per heavy atom. The largest absolute Gasteiger partial charge is 0.450 e. The number of likely N-dealkylation sites (tertiary alicyclic amines) is 2. The Bertz CT molecular complexity index is 843. The van der Waals surface area contributed by atoms with Gasteiger partial charge < -0.3 is 14.5 Å². The molecule has 4 rings (SSSR count). The number of nitrogens with zero attached hydrogens (tertiary/aromatic N) is 5. The summed E-state index contributed by atoms with van der Waals surface area (Å²) in [6.45, 7) is 4.84. The lowest BCUT2D eigenvalue weighted by Gasteiger charge is -2.37. The van der Waals surface area contributed by atoms with Crippen LogP contribution in [-0.4, -0.2) is 69.2 Å². The fraction of sp³-hybridized carbons (Fsp3) is 0.600. The van der Waals surface area contributed by atoms with Crippen molar-refractivity contribution in [3.63, 3.8) is 0 Å². The lowest BCUT2D eigenvalue weighted by atomic mass is 9.92. The van der Waals surface area contributed by atoms with Gasteiger partial charge in [-0.1, -0.05) is 6.07 Å². The molecule has 2 saturated heterocycles. The first-order chi connectivity index (χ1) is 13.7. The lowest BCUT2D eigenvalue weighted by molar-refractivity contribution is -0.138.